The van der Waals surface area contributed by atoms with Crippen molar-refractivity contribution in [3.05, 3.63) is 23.9 Å². The average Bonchev–Trinajstić information content (AvgIpc) is 3.08. The van der Waals surface area contributed by atoms with Crippen molar-refractivity contribution in [1.29, 1.82) is 0 Å². The van der Waals surface area contributed by atoms with Crippen molar-refractivity contribution in [2.45, 2.75) is 56.4 Å². The van der Waals surface area contributed by atoms with Crippen LogP contribution in [0.2, 0.25) is 0 Å². The van der Waals surface area contributed by atoms with E-state index in [1.807, 2.05) is 24.0 Å². The number of carbonyl (C=O) groups is 1. The van der Waals surface area contributed by atoms with Crippen molar-refractivity contribution in [2.75, 3.05) is 24.2 Å². The van der Waals surface area contributed by atoms with Crippen LogP contribution in [0.15, 0.2) is 18.3 Å². The Morgan fingerprint density at radius 1 is 1.33 bits per heavy atom. The molecule has 0 radical (unpaired) electrons. The second kappa shape index (κ2) is 8.60. The smallest absolute Gasteiger partial charge is 0.315 e. The van der Waals surface area contributed by atoms with Crippen LogP contribution in [-0.4, -0.2) is 41.7 Å². The molecule has 2 heterocycles. The number of hydrogen-bond acceptors (Lipinski definition) is 4. The second-order valence-corrected chi connectivity index (χ2v) is 7.90. The number of carbonyl (C=O) groups excluding carboxylic acids is 1. The summed E-state index contributed by atoms with van der Waals surface area (Å²) in [6.07, 6.45) is 11.2. The molecule has 5 nitrogen and oxygen atoms in total. The lowest BCUT2D eigenvalue weighted by molar-refractivity contribution is 0.236. The number of rotatable bonds is 5. The van der Waals surface area contributed by atoms with Gasteiger partial charge in [-0.05, 0) is 62.5 Å². The second-order valence-electron chi connectivity index (χ2n) is 6.76. The molecule has 0 aromatic carbocycles. The summed E-state index contributed by atoms with van der Waals surface area (Å²) in [5.74, 6) is 1.04. The van der Waals surface area contributed by atoms with Crippen LogP contribution in [0, 0.1) is 0 Å². The third-order valence-corrected chi connectivity index (χ3v) is 6.09. The molecule has 2 aliphatic rings. The van der Waals surface area contributed by atoms with E-state index in [2.05, 4.69) is 32.8 Å². The average molecular weight is 349 g/mol. The first-order valence-corrected chi connectivity index (χ1v) is 10.3. The number of nitrogens with zero attached hydrogens (tertiary/aromatic N) is 2. The van der Waals surface area contributed by atoms with Gasteiger partial charge in [0, 0.05) is 37.1 Å². The summed E-state index contributed by atoms with van der Waals surface area (Å²) in [5, 5.41) is 6.78. The quantitative estimate of drug-likeness (QED) is 0.858. The predicted molar refractivity (Wildman–Crippen MR) is 101 cm³/mol. The van der Waals surface area contributed by atoms with E-state index in [9.17, 15) is 4.79 Å². The molecule has 1 aromatic rings. The molecule has 2 N–H and O–H groups in total. The molecule has 132 valence electrons. The third kappa shape index (κ3) is 4.79. The first kappa shape index (κ1) is 17.4. The molecule has 2 amide bonds. The zero-order valence-electron chi connectivity index (χ0n) is 14.5. The van der Waals surface area contributed by atoms with Crippen molar-refractivity contribution in [1.82, 2.24) is 15.6 Å². The van der Waals surface area contributed by atoms with E-state index in [1.54, 1.807) is 0 Å². The number of thioether (sulfide) groups is 1. The molecule has 1 aromatic heterocycles. The fourth-order valence-corrected chi connectivity index (χ4v) is 4.37. The number of amides is 2. The van der Waals surface area contributed by atoms with Crippen LogP contribution in [0.4, 0.5) is 10.6 Å². The zero-order valence-corrected chi connectivity index (χ0v) is 15.3. The summed E-state index contributed by atoms with van der Waals surface area (Å²) in [5.41, 5.74) is 1.11. The van der Waals surface area contributed by atoms with Gasteiger partial charge in [0.05, 0.1) is 0 Å². The maximum Gasteiger partial charge on any atom is 0.315 e. The van der Waals surface area contributed by atoms with Gasteiger partial charge < -0.3 is 15.5 Å². The summed E-state index contributed by atoms with van der Waals surface area (Å²) in [6, 6.07) is 4.35. The van der Waals surface area contributed by atoms with Crippen molar-refractivity contribution < 1.29 is 4.79 Å². The van der Waals surface area contributed by atoms with Gasteiger partial charge in [0.25, 0.3) is 0 Å². The maximum absolute atomic E-state index is 12.1. The highest BCUT2D eigenvalue weighted by molar-refractivity contribution is 7.99. The third-order valence-electron chi connectivity index (χ3n) is 5.00. The first-order chi connectivity index (χ1) is 11.7. The molecule has 2 fully saturated rings. The lowest BCUT2D eigenvalue weighted by Gasteiger charge is -2.27. The number of urea groups is 1. The van der Waals surface area contributed by atoms with Gasteiger partial charge in [0.2, 0.25) is 0 Å². The topological polar surface area (TPSA) is 57.3 Å². The van der Waals surface area contributed by atoms with Gasteiger partial charge in [-0.15, -0.1) is 0 Å². The molecule has 3 rings (SSSR count). The number of piperidine rings is 1. The van der Waals surface area contributed by atoms with Crippen LogP contribution in [0.3, 0.4) is 0 Å². The van der Waals surface area contributed by atoms with Crippen LogP contribution >= 0.6 is 11.8 Å². The Bertz CT molecular complexity index is 548. The summed E-state index contributed by atoms with van der Waals surface area (Å²) >= 11 is 1.91. The lowest BCUT2D eigenvalue weighted by atomic mass is 10.1. The SMILES string of the molecule is CSC1CCC(NC(=O)NCc2ccnc(N3CCCCC3)c2)C1. The Balaban J connectivity index is 1.46. The Morgan fingerprint density at radius 2 is 2.17 bits per heavy atom. The molecular formula is C18H28N4OS. The van der Waals surface area contributed by atoms with E-state index in [1.165, 1.54) is 25.7 Å². The van der Waals surface area contributed by atoms with Gasteiger partial charge in [0.15, 0.2) is 0 Å². The minimum Gasteiger partial charge on any atom is -0.357 e. The molecule has 0 spiro atoms. The van der Waals surface area contributed by atoms with Crippen LogP contribution in [0.5, 0.6) is 0 Å². The van der Waals surface area contributed by atoms with Crippen LogP contribution in [0.1, 0.15) is 44.1 Å². The monoisotopic (exact) mass is 348 g/mol. The van der Waals surface area contributed by atoms with Crippen LogP contribution in [0.25, 0.3) is 0 Å². The molecule has 1 aliphatic carbocycles. The first-order valence-electron chi connectivity index (χ1n) is 9.01. The molecule has 24 heavy (non-hydrogen) atoms. The highest BCUT2D eigenvalue weighted by Gasteiger charge is 2.24. The number of nitrogens with one attached hydrogen (secondary N) is 2. The number of hydrogen-bond donors (Lipinski definition) is 2. The zero-order chi connectivity index (χ0) is 16.8. The van der Waals surface area contributed by atoms with Crippen LogP contribution in [-0.2, 0) is 6.54 Å². The standard InChI is InChI=1S/C18H28N4OS/c1-24-16-6-5-15(12-16)21-18(23)20-13-14-7-8-19-17(11-14)22-9-3-2-4-10-22/h7-8,11,15-16H,2-6,9-10,12-13H2,1H3,(H2,20,21,23). The molecular weight excluding hydrogens is 320 g/mol. The highest BCUT2D eigenvalue weighted by Crippen LogP contribution is 2.28. The summed E-state index contributed by atoms with van der Waals surface area (Å²) in [6.45, 7) is 2.72. The summed E-state index contributed by atoms with van der Waals surface area (Å²) in [4.78, 5) is 18.9. The van der Waals surface area contributed by atoms with E-state index in [0.717, 1.165) is 37.3 Å². The number of pyridine rings is 1. The molecule has 1 saturated heterocycles. The molecule has 6 heteroatoms. The van der Waals surface area contributed by atoms with E-state index in [0.29, 0.717) is 17.8 Å². The molecule has 0 bridgehead atoms. The number of anilines is 1. The normalized spacial score (nSPS) is 24.0. The van der Waals surface area contributed by atoms with Gasteiger partial charge in [-0.3, -0.25) is 0 Å². The van der Waals surface area contributed by atoms with E-state index >= 15 is 0 Å². The fraction of sp³-hybridized carbons (Fsp3) is 0.667. The molecule has 1 saturated carbocycles. The van der Waals surface area contributed by atoms with Crippen LogP contribution < -0.4 is 15.5 Å². The van der Waals surface area contributed by atoms with E-state index in [-0.39, 0.29) is 6.03 Å². The number of aromatic nitrogens is 1. The summed E-state index contributed by atoms with van der Waals surface area (Å²) < 4.78 is 0. The predicted octanol–water partition coefficient (Wildman–Crippen LogP) is 3.16. The largest absolute Gasteiger partial charge is 0.357 e. The van der Waals surface area contributed by atoms with Crippen molar-refractivity contribution in [3.8, 4) is 0 Å². The van der Waals surface area contributed by atoms with Gasteiger partial charge in [-0.1, -0.05) is 0 Å². The Hall–Kier alpha value is -1.43. The molecule has 2 unspecified atom stereocenters. The maximum atomic E-state index is 12.1. The Morgan fingerprint density at radius 3 is 2.92 bits per heavy atom. The Kier molecular flexibility index (Phi) is 6.24. The molecule has 2 atom stereocenters. The van der Waals surface area contributed by atoms with Crippen molar-refractivity contribution in [3.63, 3.8) is 0 Å². The Labute approximate surface area is 149 Å². The van der Waals surface area contributed by atoms with Gasteiger partial charge in [-0.25, -0.2) is 9.78 Å². The highest BCUT2D eigenvalue weighted by atomic mass is 32.2. The van der Waals surface area contributed by atoms with Crippen molar-refractivity contribution in [2.24, 2.45) is 0 Å². The van der Waals surface area contributed by atoms with E-state index < -0.39 is 0 Å². The van der Waals surface area contributed by atoms with Gasteiger partial charge in [-0.2, -0.15) is 11.8 Å². The van der Waals surface area contributed by atoms with Crippen molar-refractivity contribution >= 4 is 23.6 Å². The minimum absolute atomic E-state index is 0.0573. The fourth-order valence-electron chi connectivity index (χ4n) is 3.57. The molecule has 1 aliphatic heterocycles. The van der Waals surface area contributed by atoms with E-state index in [4.69, 9.17) is 0 Å². The summed E-state index contributed by atoms with van der Waals surface area (Å²) in [7, 11) is 0. The minimum atomic E-state index is -0.0573. The van der Waals surface area contributed by atoms with Gasteiger partial charge in [0.1, 0.15) is 5.82 Å². The van der Waals surface area contributed by atoms with Gasteiger partial charge >= 0.3 is 6.03 Å². The lowest BCUT2D eigenvalue weighted by Crippen LogP contribution is -2.40.